The van der Waals surface area contributed by atoms with Crippen LogP contribution in [0.4, 0.5) is 25.1 Å². The third kappa shape index (κ3) is 4.09. The first kappa shape index (κ1) is 18.1. The number of H-pyrrole nitrogens is 1. The van der Waals surface area contributed by atoms with Gasteiger partial charge in [0.2, 0.25) is 23.6 Å². The van der Waals surface area contributed by atoms with E-state index in [4.69, 9.17) is 0 Å². The lowest BCUT2D eigenvalue weighted by Crippen LogP contribution is -2.41. The summed E-state index contributed by atoms with van der Waals surface area (Å²) in [7, 11) is 0. The monoisotopic (exact) mass is 369 g/mol. The van der Waals surface area contributed by atoms with Crippen molar-refractivity contribution in [3.8, 4) is 0 Å². The van der Waals surface area contributed by atoms with E-state index < -0.39 is 23.8 Å². The molecule has 0 aromatic carbocycles. The Balaban J connectivity index is 1.67. The van der Waals surface area contributed by atoms with Gasteiger partial charge in [0.15, 0.2) is 0 Å². The van der Waals surface area contributed by atoms with E-state index in [-0.39, 0.29) is 5.95 Å². The maximum atomic E-state index is 12.5. The van der Waals surface area contributed by atoms with Crippen LogP contribution in [0.25, 0.3) is 0 Å². The Morgan fingerprint density at radius 2 is 1.96 bits per heavy atom. The van der Waals surface area contributed by atoms with Crippen LogP contribution in [0.1, 0.15) is 30.1 Å². The van der Waals surface area contributed by atoms with Crippen LogP contribution < -0.4 is 10.2 Å². The number of hydrogen-bond donors (Lipinski definition) is 2. The number of rotatable bonds is 3. The Morgan fingerprint density at radius 3 is 2.58 bits per heavy atom. The van der Waals surface area contributed by atoms with Gasteiger partial charge in [-0.15, -0.1) is 5.10 Å². The molecule has 1 aliphatic heterocycles. The minimum atomic E-state index is -4.64. The minimum absolute atomic E-state index is 0.380. The second-order valence-electron chi connectivity index (χ2n) is 6.23. The minimum Gasteiger partial charge on any atom is -0.340 e. The fourth-order valence-corrected chi connectivity index (χ4v) is 2.88. The van der Waals surface area contributed by atoms with Crippen molar-refractivity contribution >= 4 is 17.8 Å². The first-order valence-electron chi connectivity index (χ1n) is 8.10. The summed E-state index contributed by atoms with van der Waals surface area (Å²) in [5.41, 5.74) is 1.67. The van der Waals surface area contributed by atoms with Gasteiger partial charge < -0.3 is 4.90 Å². The summed E-state index contributed by atoms with van der Waals surface area (Å²) in [6, 6.07) is 1.86. The van der Waals surface area contributed by atoms with Crippen molar-refractivity contribution in [1.82, 2.24) is 25.1 Å². The van der Waals surface area contributed by atoms with Crippen LogP contribution in [-0.2, 0) is 11.0 Å². The van der Waals surface area contributed by atoms with Gasteiger partial charge in [-0.25, -0.2) is 9.97 Å². The highest BCUT2D eigenvalue weighted by Crippen LogP contribution is 2.27. The molecular weight excluding hydrogens is 351 g/mol. The fourth-order valence-electron chi connectivity index (χ4n) is 2.88. The summed E-state index contributed by atoms with van der Waals surface area (Å²) in [4.78, 5) is 26.3. The van der Waals surface area contributed by atoms with Crippen LogP contribution in [0.3, 0.4) is 0 Å². The standard InChI is InChI=1S/C15H18F3N7O/c1-8-6-9(2)20-14(19-8)25-5-3-4-10(7-25)11(26)21-13-22-12(23-24-13)15(16,17)18/h6,10H,3-5,7H2,1-2H3,(H2,21,22,23,24,26)/t10-/m0/s1. The van der Waals surface area contributed by atoms with Gasteiger partial charge in [-0.05, 0) is 32.8 Å². The third-order valence-corrected chi connectivity index (χ3v) is 4.03. The summed E-state index contributed by atoms with van der Waals surface area (Å²) in [6.07, 6.45) is -3.28. The number of amides is 1. The highest BCUT2D eigenvalue weighted by atomic mass is 19.4. The van der Waals surface area contributed by atoms with Gasteiger partial charge in [-0.2, -0.15) is 18.2 Å². The fraction of sp³-hybridized carbons (Fsp3) is 0.533. The smallest absolute Gasteiger partial charge is 0.340 e. The molecule has 140 valence electrons. The predicted molar refractivity (Wildman–Crippen MR) is 86.5 cm³/mol. The number of nitrogens with one attached hydrogen (secondary N) is 2. The number of halogens is 3. The van der Waals surface area contributed by atoms with E-state index >= 15 is 0 Å². The molecule has 26 heavy (non-hydrogen) atoms. The van der Waals surface area contributed by atoms with Crippen molar-refractivity contribution in [3.63, 3.8) is 0 Å². The number of carbonyl (C=O) groups is 1. The Bertz CT molecular complexity index is 785. The van der Waals surface area contributed by atoms with Gasteiger partial charge in [0.25, 0.3) is 0 Å². The van der Waals surface area contributed by atoms with Gasteiger partial charge in [0, 0.05) is 24.5 Å². The average molecular weight is 369 g/mol. The lowest BCUT2D eigenvalue weighted by Gasteiger charge is -2.32. The number of hydrogen-bond acceptors (Lipinski definition) is 6. The Labute approximate surface area is 147 Å². The van der Waals surface area contributed by atoms with E-state index in [9.17, 15) is 18.0 Å². The number of anilines is 2. The second-order valence-corrected chi connectivity index (χ2v) is 6.23. The molecule has 3 rings (SSSR count). The molecule has 1 saturated heterocycles. The molecule has 1 aliphatic rings. The molecule has 8 nitrogen and oxygen atoms in total. The summed E-state index contributed by atoms with van der Waals surface area (Å²) in [5, 5.41) is 7.50. The molecule has 2 N–H and O–H groups in total. The van der Waals surface area contributed by atoms with E-state index in [0.717, 1.165) is 17.8 Å². The Hall–Kier alpha value is -2.72. The first-order valence-corrected chi connectivity index (χ1v) is 8.10. The van der Waals surface area contributed by atoms with Crippen molar-refractivity contribution < 1.29 is 18.0 Å². The van der Waals surface area contributed by atoms with Crippen LogP contribution >= 0.6 is 0 Å². The molecule has 0 aliphatic carbocycles. The molecular formula is C15H18F3N7O. The number of aryl methyl sites for hydroxylation is 2. The largest absolute Gasteiger partial charge is 0.451 e. The highest BCUT2D eigenvalue weighted by molar-refractivity contribution is 5.91. The molecule has 3 heterocycles. The molecule has 11 heteroatoms. The molecule has 0 radical (unpaired) electrons. The third-order valence-electron chi connectivity index (χ3n) is 4.03. The molecule has 1 fully saturated rings. The van der Waals surface area contributed by atoms with E-state index in [2.05, 4.69) is 25.4 Å². The summed E-state index contributed by atoms with van der Waals surface area (Å²) in [5.74, 6) is -1.92. The van der Waals surface area contributed by atoms with Crippen LogP contribution in [0, 0.1) is 19.8 Å². The zero-order valence-electron chi connectivity index (χ0n) is 14.3. The topological polar surface area (TPSA) is 99.7 Å². The van der Waals surface area contributed by atoms with Gasteiger partial charge in [-0.1, -0.05) is 0 Å². The molecule has 2 aromatic rings. The van der Waals surface area contributed by atoms with Gasteiger partial charge in [-0.3, -0.25) is 15.2 Å². The van der Waals surface area contributed by atoms with Crippen molar-refractivity contribution in [2.75, 3.05) is 23.3 Å². The zero-order chi connectivity index (χ0) is 18.9. The predicted octanol–water partition coefficient (Wildman–Crippen LogP) is 2.09. The number of alkyl halides is 3. The van der Waals surface area contributed by atoms with E-state index in [0.29, 0.717) is 25.5 Å². The van der Waals surface area contributed by atoms with Crippen molar-refractivity contribution in [3.05, 3.63) is 23.3 Å². The molecule has 1 atom stereocenters. The Morgan fingerprint density at radius 1 is 1.27 bits per heavy atom. The lowest BCUT2D eigenvalue weighted by molar-refractivity contribution is -0.144. The van der Waals surface area contributed by atoms with Crippen LogP contribution in [0.2, 0.25) is 0 Å². The van der Waals surface area contributed by atoms with Gasteiger partial charge >= 0.3 is 6.18 Å². The summed E-state index contributed by atoms with van der Waals surface area (Å²) < 4.78 is 37.6. The molecule has 0 spiro atoms. The van der Waals surface area contributed by atoms with Crippen molar-refractivity contribution in [2.24, 2.45) is 5.92 Å². The van der Waals surface area contributed by atoms with Crippen LogP contribution in [-0.4, -0.2) is 44.1 Å². The number of carbonyl (C=O) groups excluding carboxylic acids is 1. The maximum Gasteiger partial charge on any atom is 0.451 e. The second kappa shape index (κ2) is 6.89. The number of aromatic amines is 1. The van der Waals surface area contributed by atoms with Crippen LogP contribution in [0.5, 0.6) is 0 Å². The normalized spacial score (nSPS) is 18.0. The van der Waals surface area contributed by atoms with Gasteiger partial charge in [0.05, 0.1) is 5.92 Å². The van der Waals surface area contributed by atoms with Crippen molar-refractivity contribution in [1.29, 1.82) is 0 Å². The molecule has 0 bridgehead atoms. The lowest BCUT2D eigenvalue weighted by atomic mass is 9.97. The van der Waals surface area contributed by atoms with Gasteiger partial charge in [0.1, 0.15) is 0 Å². The van der Waals surface area contributed by atoms with E-state index in [1.165, 1.54) is 0 Å². The summed E-state index contributed by atoms with van der Waals surface area (Å²) >= 11 is 0. The van der Waals surface area contributed by atoms with Crippen molar-refractivity contribution in [2.45, 2.75) is 32.9 Å². The van der Waals surface area contributed by atoms with Crippen LogP contribution in [0.15, 0.2) is 6.07 Å². The highest BCUT2D eigenvalue weighted by Gasteiger charge is 2.36. The number of nitrogens with zero attached hydrogens (tertiary/aromatic N) is 5. The first-order chi connectivity index (χ1) is 12.2. The molecule has 2 aromatic heterocycles. The maximum absolute atomic E-state index is 12.5. The van der Waals surface area contributed by atoms with E-state index in [1.54, 1.807) is 5.10 Å². The molecule has 0 unspecified atom stereocenters. The number of piperidine rings is 1. The Kier molecular flexibility index (Phi) is 4.79. The number of aromatic nitrogens is 5. The quantitative estimate of drug-likeness (QED) is 0.859. The molecule has 0 saturated carbocycles. The molecule has 1 amide bonds. The zero-order valence-corrected chi connectivity index (χ0v) is 14.3. The average Bonchev–Trinajstić information content (AvgIpc) is 3.03. The SMILES string of the molecule is Cc1cc(C)nc(N2CCC[C@H](C(=O)Nc3n[nH]c(C(F)(F)F)n3)C2)n1. The van der Waals surface area contributed by atoms with E-state index in [1.807, 2.05) is 24.8 Å². The summed E-state index contributed by atoms with van der Waals surface area (Å²) in [6.45, 7) is 4.83.